The Bertz CT molecular complexity index is 550. The largest absolute Gasteiger partial charge is 0.366 e. The second-order valence-electron chi connectivity index (χ2n) is 3.38. The molecule has 5 heteroatoms. The molecule has 2 rings (SSSR count). The van der Waals surface area contributed by atoms with Gasteiger partial charge in [0.25, 0.3) is 5.56 Å². The Labute approximate surface area is 91.9 Å². The van der Waals surface area contributed by atoms with Crippen molar-refractivity contribution in [3.8, 4) is 0 Å². The molecule has 0 aromatic carbocycles. The van der Waals surface area contributed by atoms with Gasteiger partial charge in [-0.15, -0.1) is 0 Å². The average Bonchev–Trinajstić information content (AvgIpc) is 2.32. The fraction of sp³-hybridized carbons (Fsp3) is 0.273. The van der Waals surface area contributed by atoms with Crippen LogP contribution in [0.5, 0.6) is 0 Å². The van der Waals surface area contributed by atoms with Crippen molar-refractivity contribution < 1.29 is 9.84 Å². The monoisotopic (exact) mass is 220 g/mol. The maximum atomic E-state index is 11.7. The third kappa shape index (κ3) is 1.95. The van der Waals surface area contributed by atoms with Crippen LogP contribution in [0.4, 0.5) is 0 Å². The average molecular weight is 220 g/mol. The van der Waals surface area contributed by atoms with Crippen LogP contribution >= 0.6 is 0 Å². The summed E-state index contributed by atoms with van der Waals surface area (Å²) in [6, 6.07) is 6.62. The molecule has 1 atom stereocenters. The van der Waals surface area contributed by atoms with E-state index in [9.17, 15) is 9.90 Å². The van der Waals surface area contributed by atoms with Crippen LogP contribution in [0.15, 0.2) is 35.3 Å². The van der Waals surface area contributed by atoms with Gasteiger partial charge in [-0.1, -0.05) is 0 Å². The molecule has 5 nitrogen and oxygen atoms in total. The van der Waals surface area contributed by atoms with Crippen LogP contribution < -0.4 is 5.56 Å². The molecule has 2 heterocycles. The predicted molar refractivity (Wildman–Crippen MR) is 59.0 cm³/mol. The molecular formula is C11H12N2O3. The number of pyridine rings is 2. The van der Waals surface area contributed by atoms with E-state index in [1.165, 1.54) is 17.7 Å². The van der Waals surface area contributed by atoms with E-state index in [-0.39, 0.29) is 12.1 Å². The Kier molecular flexibility index (Phi) is 2.98. The van der Waals surface area contributed by atoms with E-state index in [0.29, 0.717) is 11.0 Å². The van der Waals surface area contributed by atoms with Gasteiger partial charge < -0.3 is 14.4 Å². The molecule has 0 spiro atoms. The van der Waals surface area contributed by atoms with Crippen molar-refractivity contribution in [2.45, 2.75) is 12.8 Å². The molecule has 0 saturated heterocycles. The molecule has 16 heavy (non-hydrogen) atoms. The van der Waals surface area contributed by atoms with Gasteiger partial charge in [0.2, 0.25) is 0 Å². The number of aliphatic hydroxyl groups excluding tert-OH is 1. The Hall–Kier alpha value is -1.72. The predicted octanol–water partition coefficient (Wildman–Crippen LogP) is 0.361. The SMILES string of the molecule is CO[C@H](O)Cn1c(=O)ccc2ncccc21. The summed E-state index contributed by atoms with van der Waals surface area (Å²) in [6.45, 7) is 0.0956. The number of aliphatic hydroxyl groups is 1. The van der Waals surface area contributed by atoms with E-state index in [1.54, 1.807) is 24.4 Å². The zero-order valence-corrected chi connectivity index (χ0v) is 8.83. The highest BCUT2D eigenvalue weighted by molar-refractivity contribution is 5.73. The van der Waals surface area contributed by atoms with Gasteiger partial charge in [-0.05, 0) is 18.2 Å². The van der Waals surface area contributed by atoms with Crippen molar-refractivity contribution in [3.05, 3.63) is 40.8 Å². The zero-order valence-electron chi connectivity index (χ0n) is 8.83. The molecule has 0 saturated carbocycles. The molecule has 2 aromatic heterocycles. The maximum absolute atomic E-state index is 11.7. The van der Waals surface area contributed by atoms with Crippen LogP contribution in [-0.2, 0) is 11.3 Å². The molecule has 0 radical (unpaired) electrons. The number of fused-ring (bicyclic) bond motifs is 1. The summed E-state index contributed by atoms with van der Waals surface area (Å²) >= 11 is 0. The van der Waals surface area contributed by atoms with Gasteiger partial charge in [0.05, 0.1) is 17.6 Å². The van der Waals surface area contributed by atoms with Gasteiger partial charge in [-0.3, -0.25) is 9.78 Å². The van der Waals surface area contributed by atoms with Gasteiger partial charge in [-0.2, -0.15) is 0 Å². The third-order valence-corrected chi connectivity index (χ3v) is 2.37. The van der Waals surface area contributed by atoms with Crippen LogP contribution in [0.25, 0.3) is 11.0 Å². The van der Waals surface area contributed by atoms with E-state index in [4.69, 9.17) is 4.74 Å². The quantitative estimate of drug-likeness (QED) is 0.758. The fourth-order valence-corrected chi connectivity index (χ4v) is 1.54. The van der Waals surface area contributed by atoms with Gasteiger partial charge in [-0.25, -0.2) is 0 Å². The third-order valence-electron chi connectivity index (χ3n) is 2.37. The van der Waals surface area contributed by atoms with Gasteiger partial charge in [0, 0.05) is 19.4 Å². The van der Waals surface area contributed by atoms with Gasteiger partial charge in [0.1, 0.15) is 0 Å². The summed E-state index contributed by atoms with van der Waals surface area (Å²) in [4.78, 5) is 15.8. The molecule has 1 N–H and O–H groups in total. The molecule has 84 valence electrons. The van der Waals surface area contributed by atoms with E-state index in [2.05, 4.69) is 4.98 Å². The first-order valence-corrected chi connectivity index (χ1v) is 4.88. The normalized spacial score (nSPS) is 12.9. The molecule has 2 aromatic rings. The van der Waals surface area contributed by atoms with Crippen LogP contribution in [0.1, 0.15) is 0 Å². The number of hydrogen-bond donors (Lipinski definition) is 1. The molecule has 0 bridgehead atoms. The van der Waals surface area contributed by atoms with Crippen molar-refractivity contribution in [2.75, 3.05) is 7.11 Å². The standard InChI is InChI=1S/C11H12N2O3/c1-16-11(15)7-13-9-3-2-6-12-8(9)4-5-10(13)14/h2-6,11,15H,7H2,1H3/t11-/m0/s1. The Morgan fingerprint density at radius 2 is 2.31 bits per heavy atom. The molecule has 0 fully saturated rings. The first-order chi connectivity index (χ1) is 7.72. The molecule has 0 amide bonds. The molecular weight excluding hydrogens is 208 g/mol. The minimum Gasteiger partial charge on any atom is -0.366 e. The zero-order chi connectivity index (χ0) is 11.5. The summed E-state index contributed by atoms with van der Waals surface area (Å²) in [5.74, 6) is 0. The lowest BCUT2D eigenvalue weighted by Crippen LogP contribution is -2.27. The first-order valence-electron chi connectivity index (χ1n) is 4.88. The van der Waals surface area contributed by atoms with E-state index < -0.39 is 6.29 Å². The number of methoxy groups -OCH3 is 1. The molecule has 0 aliphatic carbocycles. The summed E-state index contributed by atoms with van der Waals surface area (Å²) < 4.78 is 6.17. The van der Waals surface area contributed by atoms with Crippen LogP contribution in [-0.4, -0.2) is 28.1 Å². The summed E-state index contributed by atoms with van der Waals surface area (Å²) in [7, 11) is 1.39. The Morgan fingerprint density at radius 3 is 3.06 bits per heavy atom. The minimum atomic E-state index is -0.997. The topological polar surface area (TPSA) is 64.3 Å². The van der Waals surface area contributed by atoms with Crippen molar-refractivity contribution >= 4 is 11.0 Å². The van der Waals surface area contributed by atoms with Gasteiger partial charge in [0.15, 0.2) is 6.29 Å². The summed E-state index contributed by atoms with van der Waals surface area (Å²) in [5.41, 5.74) is 1.22. The molecule has 0 aliphatic heterocycles. The van der Waals surface area contributed by atoms with Crippen molar-refractivity contribution in [2.24, 2.45) is 0 Å². The van der Waals surface area contributed by atoms with Crippen molar-refractivity contribution in [1.82, 2.24) is 9.55 Å². The van der Waals surface area contributed by atoms with Crippen LogP contribution in [0.3, 0.4) is 0 Å². The van der Waals surface area contributed by atoms with E-state index >= 15 is 0 Å². The summed E-state index contributed by atoms with van der Waals surface area (Å²) in [5, 5.41) is 9.39. The smallest absolute Gasteiger partial charge is 0.251 e. The lowest BCUT2D eigenvalue weighted by Gasteiger charge is -2.12. The lowest BCUT2D eigenvalue weighted by molar-refractivity contribution is -0.0832. The van der Waals surface area contributed by atoms with Crippen molar-refractivity contribution in [3.63, 3.8) is 0 Å². The highest BCUT2D eigenvalue weighted by Gasteiger charge is 2.08. The van der Waals surface area contributed by atoms with E-state index in [0.717, 1.165) is 0 Å². The second kappa shape index (κ2) is 4.42. The molecule has 0 unspecified atom stereocenters. The minimum absolute atomic E-state index is 0.0956. The Balaban J connectivity index is 2.57. The number of hydrogen-bond acceptors (Lipinski definition) is 4. The number of nitrogens with zero attached hydrogens (tertiary/aromatic N) is 2. The number of ether oxygens (including phenoxy) is 1. The highest BCUT2D eigenvalue weighted by atomic mass is 16.6. The first kappa shape index (κ1) is 10.8. The Morgan fingerprint density at radius 1 is 1.50 bits per heavy atom. The van der Waals surface area contributed by atoms with E-state index in [1.807, 2.05) is 0 Å². The maximum Gasteiger partial charge on any atom is 0.251 e. The van der Waals surface area contributed by atoms with Gasteiger partial charge >= 0.3 is 0 Å². The van der Waals surface area contributed by atoms with Crippen molar-refractivity contribution in [1.29, 1.82) is 0 Å². The number of aromatic nitrogens is 2. The number of rotatable bonds is 3. The second-order valence-corrected chi connectivity index (χ2v) is 3.38. The van der Waals surface area contributed by atoms with Crippen LogP contribution in [0, 0.1) is 0 Å². The highest BCUT2D eigenvalue weighted by Crippen LogP contribution is 2.08. The lowest BCUT2D eigenvalue weighted by atomic mass is 10.3. The summed E-state index contributed by atoms with van der Waals surface area (Å²) in [6.07, 6.45) is 0.660. The molecule has 0 aliphatic rings. The van der Waals surface area contributed by atoms with Crippen LogP contribution in [0.2, 0.25) is 0 Å². The fourth-order valence-electron chi connectivity index (χ4n) is 1.54.